The van der Waals surface area contributed by atoms with Gasteiger partial charge in [0.15, 0.2) is 0 Å². The van der Waals surface area contributed by atoms with E-state index in [4.69, 9.17) is 9.47 Å². The van der Waals surface area contributed by atoms with Gasteiger partial charge in [0.2, 0.25) is 0 Å². The van der Waals surface area contributed by atoms with Gasteiger partial charge in [0.25, 0.3) is 0 Å². The fourth-order valence-corrected chi connectivity index (χ4v) is 0.836. The minimum Gasteiger partial charge on any atom is -0.388 e. The summed E-state index contributed by atoms with van der Waals surface area (Å²) in [6.07, 6.45) is 1.84. The Morgan fingerprint density at radius 2 is 2.45 bits per heavy atom. The SMILES string of the molecule is CCCCOC[C@@H](O)[C@@H]1CO1. The summed E-state index contributed by atoms with van der Waals surface area (Å²) in [5.74, 6) is 0. The summed E-state index contributed by atoms with van der Waals surface area (Å²) < 4.78 is 10.1. The number of aliphatic hydroxyl groups is 1. The molecule has 1 aliphatic heterocycles. The Kier molecular flexibility index (Phi) is 3.83. The Balaban J connectivity index is 1.85. The Morgan fingerprint density at radius 1 is 1.73 bits per heavy atom. The van der Waals surface area contributed by atoms with Gasteiger partial charge in [0, 0.05) is 6.61 Å². The first-order valence-corrected chi connectivity index (χ1v) is 4.22. The second-order valence-electron chi connectivity index (χ2n) is 2.87. The summed E-state index contributed by atoms with van der Waals surface area (Å²) in [4.78, 5) is 0. The van der Waals surface area contributed by atoms with Crippen molar-refractivity contribution in [1.29, 1.82) is 0 Å². The van der Waals surface area contributed by atoms with Crippen LogP contribution in [0.15, 0.2) is 0 Å². The smallest absolute Gasteiger partial charge is 0.109 e. The van der Waals surface area contributed by atoms with Gasteiger partial charge in [0.05, 0.1) is 13.2 Å². The van der Waals surface area contributed by atoms with Crippen LogP contribution in [-0.2, 0) is 9.47 Å². The fraction of sp³-hybridized carbons (Fsp3) is 1.00. The van der Waals surface area contributed by atoms with Gasteiger partial charge in [0.1, 0.15) is 12.2 Å². The molecule has 1 saturated heterocycles. The Bertz CT molecular complexity index is 102. The van der Waals surface area contributed by atoms with Gasteiger partial charge in [-0.15, -0.1) is 0 Å². The van der Waals surface area contributed by atoms with Crippen molar-refractivity contribution in [3.63, 3.8) is 0 Å². The molecule has 1 N–H and O–H groups in total. The lowest BCUT2D eigenvalue weighted by atomic mass is 10.3. The van der Waals surface area contributed by atoms with Crippen LogP contribution in [0.3, 0.4) is 0 Å². The highest BCUT2D eigenvalue weighted by Gasteiger charge is 2.31. The molecule has 0 aliphatic carbocycles. The molecule has 1 aliphatic rings. The molecule has 0 radical (unpaired) electrons. The van der Waals surface area contributed by atoms with Gasteiger partial charge in [-0.2, -0.15) is 0 Å². The molecule has 66 valence electrons. The van der Waals surface area contributed by atoms with Gasteiger partial charge in [-0.05, 0) is 6.42 Å². The van der Waals surface area contributed by atoms with Crippen molar-refractivity contribution in [2.24, 2.45) is 0 Å². The molecule has 1 fully saturated rings. The molecule has 1 heterocycles. The van der Waals surface area contributed by atoms with Crippen LogP contribution in [-0.4, -0.2) is 37.1 Å². The van der Waals surface area contributed by atoms with Crippen molar-refractivity contribution in [3.05, 3.63) is 0 Å². The monoisotopic (exact) mass is 160 g/mol. The fourth-order valence-electron chi connectivity index (χ4n) is 0.836. The van der Waals surface area contributed by atoms with Crippen LogP contribution < -0.4 is 0 Å². The second-order valence-corrected chi connectivity index (χ2v) is 2.87. The lowest BCUT2D eigenvalue weighted by Crippen LogP contribution is -2.21. The molecular formula is C8H16O3. The first kappa shape index (κ1) is 8.97. The molecule has 0 spiro atoms. The lowest BCUT2D eigenvalue weighted by molar-refractivity contribution is 0.0212. The van der Waals surface area contributed by atoms with E-state index in [9.17, 15) is 5.11 Å². The number of rotatable bonds is 6. The van der Waals surface area contributed by atoms with E-state index in [-0.39, 0.29) is 6.10 Å². The van der Waals surface area contributed by atoms with Crippen molar-refractivity contribution in [1.82, 2.24) is 0 Å². The van der Waals surface area contributed by atoms with E-state index in [1.165, 1.54) is 0 Å². The van der Waals surface area contributed by atoms with E-state index in [1.54, 1.807) is 0 Å². The Hall–Kier alpha value is -0.120. The zero-order valence-electron chi connectivity index (χ0n) is 6.95. The number of hydrogen-bond donors (Lipinski definition) is 1. The molecule has 0 saturated carbocycles. The largest absolute Gasteiger partial charge is 0.388 e. The number of hydrogen-bond acceptors (Lipinski definition) is 3. The summed E-state index contributed by atoms with van der Waals surface area (Å²) in [6.45, 7) is 3.98. The molecule has 0 aromatic rings. The van der Waals surface area contributed by atoms with Gasteiger partial charge >= 0.3 is 0 Å². The first-order valence-electron chi connectivity index (χ1n) is 4.22. The number of aliphatic hydroxyl groups excluding tert-OH is 1. The molecule has 11 heavy (non-hydrogen) atoms. The average molecular weight is 160 g/mol. The van der Waals surface area contributed by atoms with Crippen molar-refractivity contribution in [3.8, 4) is 0 Å². The Morgan fingerprint density at radius 3 is 3.00 bits per heavy atom. The first-order chi connectivity index (χ1) is 5.34. The van der Waals surface area contributed by atoms with E-state index in [2.05, 4.69) is 6.92 Å². The van der Waals surface area contributed by atoms with E-state index in [0.717, 1.165) is 19.4 Å². The van der Waals surface area contributed by atoms with Crippen LogP contribution in [0.1, 0.15) is 19.8 Å². The predicted molar refractivity (Wildman–Crippen MR) is 41.5 cm³/mol. The van der Waals surface area contributed by atoms with Gasteiger partial charge < -0.3 is 14.6 Å². The molecule has 0 aromatic carbocycles. The quantitative estimate of drug-likeness (QED) is 0.456. The highest BCUT2D eigenvalue weighted by Crippen LogP contribution is 2.13. The third-order valence-corrected chi connectivity index (χ3v) is 1.72. The van der Waals surface area contributed by atoms with Crippen LogP contribution in [0.5, 0.6) is 0 Å². The van der Waals surface area contributed by atoms with Crippen molar-refractivity contribution < 1.29 is 14.6 Å². The maximum absolute atomic E-state index is 9.24. The lowest BCUT2D eigenvalue weighted by Gasteiger charge is -2.07. The number of epoxide rings is 1. The molecule has 1 rings (SSSR count). The molecule has 0 aromatic heterocycles. The predicted octanol–water partition coefficient (Wildman–Crippen LogP) is 0.563. The zero-order chi connectivity index (χ0) is 8.10. The van der Waals surface area contributed by atoms with Crippen molar-refractivity contribution >= 4 is 0 Å². The maximum atomic E-state index is 9.24. The molecule has 0 bridgehead atoms. The van der Waals surface area contributed by atoms with Crippen LogP contribution in [0.4, 0.5) is 0 Å². The Labute approximate surface area is 67.3 Å². The van der Waals surface area contributed by atoms with Gasteiger partial charge in [-0.1, -0.05) is 13.3 Å². The second kappa shape index (κ2) is 4.70. The summed E-state index contributed by atoms with van der Waals surface area (Å²) in [5.41, 5.74) is 0. The molecule has 3 heteroatoms. The molecule has 0 unspecified atom stereocenters. The molecule has 2 atom stereocenters. The summed E-state index contributed by atoms with van der Waals surface area (Å²) in [7, 11) is 0. The summed E-state index contributed by atoms with van der Waals surface area (Å²) in [6, 6.07) is 0. The highest BCUT2D eigenvalue weighted by atomic mass is 16.6. The average Bonchev–Trinajstić information content (AvgIpc) is 2.79. The van der Waals surface area contributed by atoms with Gasteiger partial charge in [-0.25, -0.2) is 0 Å². The molecule has 0 amide bonds. The standard InChI is InChI=1S/C8H16O3/c1-2-3-4-10-5-7(9)8-6-11-8/h7-9H,2-6H2,1H3/t7-,8+/m1/s1. The maximum Gasteiger partial charge on any atom is 0.109 e. The third kappa shape index (κ3) is 3.70. The van der Waals surface area contributed by atoms with Crippen LogP contribution >= 0.6 is 0 Å². The van der Waals surface area contributed by atoms with E-state index < -0.39 is 6.10 Å². The van der Waals surface area contributed by atoms with Crippen molar-refractivity contribution in [2.75, 3.05) is 19.8 Å². The normalized spacial score (nSPS) is 25.1. The summed E-state index contributed by atoms with van der Waals surface area (Å²) >= 11 is 0. The van der Waals surface area contributed by atoms with Gasteiger partial charge in [-0.3, -0.25) is 0 Å². The van der Waals surface area contributed by atoms with Crippen LogP contribution in [0.2, 0.25) is 0 Å². The number of unbranched alkanes of at least 4 members (excludes halogenated alkanes) is 1. The number of ether oxygens (including phenoxy) is 2. The minimum atomic E-state index is -0.410. The van der Waals surface area contributed by atoms with Crippen molar-refractivity contribution in [2.45, 2.75) is 32.0 Å². The third-order valence-electron chi connectivity index (χ3n) is 1.72. The highest BCUT2D eigenvalue weighted by molar-refractivity contribution is 4.77. The summed E-state index contributed by atoms with van der Waals surface area (Å²) in [5, 5.41) is 9.24. The van der Waals surface area contributed by atoms with E-state index >= 15 is 0 Å². The minimum absolute atomic E-state index is 0.0524. The van der Waals surface area contributed by atoms with Crippen LogP contribution in [0.25, 0.3) is 0 Å². The van der Waals surface area contributed by atoms with E-state index in [1.807, 2.05) is 0 Å². The van der Waals surface area contributed by atoms with Crippen LogP contribution in [0, 0.1) is 0 Å². The molecular weight excluding hydrogens is 144 g/mol. The topological polar surface area (TPSA) is 42.0 Å². The van der Waals surface area contributed by atoms with E-state index in [0.29, 0.717) is 13.2 Å². The zero-order valence-corrected chi connectivity index (χ0v) is 6.95. The molecule has 3 nitrogen and oxygen atoms in total.